The van der Waals surface area contributed by atoms with Crippen LogP contribution in [0.2, 0.25) is 0 Å². The van der Waals surface area contributed by atoms with E-state index in [-0.39, 0.29) is 12.3 Å². The van der Waals surface area contributed by atoms with Gasteiger partial charge in [0.15, 0.2) is 5.82 Å². The van der Waals surface area contributed by atoms with Gasteiger partial charge in [0.1, 0.15) is 5.69 Å². The molecule has 1 N–H and O–H groups in total. The number of anilines is 1. The van der Waals surface area contributed by atoms with Gasteiger partial charge in [-0.1, -0.05) is 41.6 Å². The maximum Gasteiger partial charge on any atom is 0.227 e. The van der Waals surface area contributed by atoms with Crippen LogP contribution in [0.5, 0.6) is 0 Å². The molecule has 0 fully saturated rings. The number of nitrogens with zero attached hydrogens (tertiary/aromatic N) is 5. The summed E-state index contributed by atoms with van der Waals surface area (Å²) in [5.74, 6) is 1.20. The van der Waals surface area contributed by atoms with Gasteiger partial charge in [-0.15, -0.1) is 0 Å². The molecule has 0 unspecified atom stereocenters. The van der Waals surface area contributed by atoms with Crippen LogP contribution < -0.4 is 5.32 Å². The number of amides is 1. The van der Waals surface area contributed by atoms with Gasteiger partial charge in [0, 0.05) is 24.6 Å². The quantitative estimate of drug-likeness (QED) is 0.554. The number of hydrogen-bond acceptors (Lipinski definition) is 7. The van der Waals surface area contributed by atoms with Crippen LogP contribution in [-0.4, -0.2) is 31.0 Å². The summed E-state index contributed by atoms with van der Waals surface area (Å²) in [6, 6.07) is 15.1. The predicted molar refractivity (Wildman–Crippen MR) is 102 cm³/mol. The average molecular weight is 372 g/mol. The molecule has 28 heavy (non-hydrogen) atoms. The van der Waals surface area contributed by atoms with Crippen LogP contribution in [0, 0.1) is 0 Å². The van der Waals surface area contributed by atoms with Crippen molar-refractivity contribution in [2.24, 2.45) is 0 Å². The Kier molecular flexibility index (Phi) is 5.10. The lowest BCUT2D eigenvalue weighted by Crippen LogP contribution is -2.13. The van der Waals surface area contributed by atoms with E-state index in [2.05, 4.69) is 30.4 Å². The fourth-order valence-corrected chi connectivity index (χ4v) is 2.53. The Morgan fingerprint density at radius 2 is 1.71 bits per heavy atom. The van der Waals surface area contributed by atoms with Crippen LogP contribution in [0.4, 0.5) is 5.69 Å². The number of aryl methyl sites for hydroxylation is 1. The molecule has 0 bridgehead atoms. The first kappa shape index (κ1) is 17.5. The third kappa shape index (κ3) is 4.24. The van der Waals surface area contributed by atoms with Crippen LogP contribution in [0.1, 0.15) is 12.3 Å². The molecule has 1 amide bonds. The SMILES string of the molecule is O=C(CCc1nc(-c2ccccn2)no1)Nc1cnc(-c2ccccc2)nc1. The van der Waals surface area contributed by atoms with Gasteiger partial charge in [-0.3, -0.25) is 9.78 Å². The molecular formula is C20H16N6O2. The molecule has 0 radical (unpaired) electrons. The maximum absolute atomic E-state index is 12.1. The fraction of sp³-hybridized carbons (Fsp3) is 0.100. The first-order chi connectivity index (χ1) is 13.8. The van der Waals surface area contributed by atoms with Crippen LogP contribution in [0.3, 0.4) is 0 Å². The summed E-state index contributed by atoms with van der Waals surface area (Å²) in [4.78, 5) is 29.1. The van der Waals surface area contributed by atoms with Gasteiger partial charge in [-0.25, -0.2) is 9.97 Å². The van der Waals surface area contributed by atoms with E-state index in [0.29, 0.717) is 35.3 Å². The normalized spacial score (nSPS) is 10.6. The number of nitrogens with one attached hydrogen (secondary N) is 1. The van der Waals surface area contributed by atoms with Crippen LogP contribution in [0.25, 0.3) is 22.9 Å². The summed E-state index contributed by atoms with van der Waals surface area (Å²) < 4.78 is 5.18. The number of carbonyl (C=O) groups excluding carboxylic acids is 1. The highest BCUT2D eigenvalue weighted by atomic mass is 16.5. The second-order valence-electron chi connectivity index (χ2n) is 5.94. The molecule has 0 aliphatic heterocycles. The van der Waals surface area contributed by atoms with Gasteiger partial charge in [-0.05, 0) is 12.1 Å². The summed E-state index contributed by atoms with van der Waals surface area (Å²) in [6.45, 7) is 0. The van der Waals surface area contributed by atoms with Crippen molar-refractivity contribution in [2.75, 3.05) is 5.32 Å². The van der Waals surface area contributed by atoms with Crippen LogP contribution >= 0.6 is 0 Å². The minimum absolute atomic E-state index is 0.186. The number of carbonyl (C=O) groups is 1. The molecule has 4 rings (SSSR count). The third-order valence-electron chi connectivity index (χ3n) is 3.90. The lowest BCUT2D eigenvalue weighted by Gasteiger charge is -2.04. The minimum Gasteiger partial charge on any atom is -0.339 e. The zero-order valence-corrected chi connectivity index (χ0v) is 14.8. The lowest BCUT2D eigenvalue weighted by molar-refractivity contribution is -0.116. The lowest BCUT2D eigenvalue weighted by atomic mass is 10.2. The summed E-state index contributed by atoms with van der Waals surface area (Å²) in [5.41, 5.74) is 2.07. The molecule has 0 aliphatic rings. The molecule has 8 nitrogen and oxygen atoms in total. The summed E-state index contributed by atoms with van der Waals surface area (Å²) in [5, 5.41) is 6.65. The van der Waals surface area contributed by atoms with Gasteiger partial charge in [0.25, 0.3) is 0 Å². The van der Waals surface area contributed by atoms with Gasteiger partial charge in [0.05, 0.1) is 18.1 Å². The maximum atomic E-state index is 12.1. The summed E-state index contributed by atoms with van der Waals surface area (Å²) in [6.07, 6.45) is 5.35. The minimum atomic E-state index is -0.186. The monoisotopic (exact) mass is 372 g/mol. The van der Waals surface area contributed by atoms with Crippen molar-refractivity contribution in [1.82, 2.24) is 25.1 Å². The van der Waals surface area contributed by atoms with E-state index >= 15 is 0 Å². The second kappa shape index (κ2) is 8.17. The Morgan fingerprint density at radius 3 is 2.46 bits per heavy atom. The fourth-order valence-electron chi connectivity index (χ4n) is 2.53. The molecule has 4 aromatic rings. The smallest absolute Gasteiger partial charge is 0.227 e. The van der Waals surface area contributed by atoms with Crippen molar-refractivity contribution in [1.29, 1.82) is 0 Å². The van der Waals surface area contributed by atoms with Crippen molar-refractivity contribution in [3.63, 3.8) is 0 Å². The molecular weight excluding hydrogens is 356 g/mol. The van der Waals surface area contributed by atoms with Crippen molar-refractivity contribution in [3.05, 3.63) is 73.0 Å². The largest absolute Gasteiger partial charge is 0.339 e. The van der Waals surface area contributed by atoms with Gasteiger partial charge in [-0.2, -0.15) is 4.98 Å². The Bertz CT molecular complexity index is 1050. The zero-order valence-electron chi connectivity index (χ0n) is 14.8. The number of pyridine rings is 1. The Balaban J connectivity index is 1.32. The molecule has 8 heteroatoms. The highest BCUT2D eigenvalue weighted by molar-refractivity contribution is 5.90. The predicted octanol–water partition coefficient (Wildman–Crippen LogP) is 3.16. The van der Waals surface area contributed by atoms with Gasteiger partial charge < -0.3 is 9.84 Å². The Hall–Kier alpha value is -3.94. The number of hydrogen-bond donors (Lipinski definition) is 1. The Labute approximate surface area is 160 Å². The Morgan fingerprint density at radius 1 is 0.929 bits per heavy atom. The highest BCUT2D eigenvalue weighted by Crippen LogP contribution is 2.16. The van der Waals surface area contributed by atoms with Crippen molar-refractivity contribution in [3.8, 4) is 22.9 Å². The average Bonchev–Trinajstić information content (AvgIpc) is 3.23. The molecule has 0 aliphatic carbocycles. The number of benzene rings is 1. The van der Waals surface area contributed by atoms with Crippen molar-refractivity contribution in [2.45, 2.75) is 12.8 Å². The first-order valence-corrected chi connectivity index (χ1v) is 8.69. The molecule has 0 atom stereocenters. The van der Waals surface area contributed by atoms with E-state index < -0.39 is 0 Å². The zero-order chi connectivity index (χ0) is 19.2. The highest BCUT2D eigenvalue weighted by Gasteiger charge is 2.12. The van der Waals surface area contributed by atoms with Crippen molar-refractivity contribution >= 4 is 11.6 Å². The van der Waals surface area contributed by atoms with Gasteiger partial charge >= 0.3 is 0 Å². The molecule has 138 valence electrons. The van der Waals surface area contributed by atoms with Crippen molar-refractivity contribution < 1.29 is 9.32 Å². The van der Waals surface area contributed by atoms with E-state index in [1.165, 1.54) is 0 Å². The van der Waals surface area contributed by atoms with E-state index in [1.807, 2.05) is 42.5 Å². The van der Waals surface area contributed by atoms with E-state index in [0.717, 1.165) is 5.56 Å². The first-order valence-electron chi connectivity index (χ1n) is 8.69. The molecule has 3 heterocycles. The van der Waals surface area contributed by atoms with Crippen LogP contribution in [0.15, 0.2) is 71.6 Å². The van der Waals surface area contributed by atoms with E-state index in [1.54, 1.807) is 24.7 Å². The van der Waals surface area contributed by atoms with E-state index in [9.17, 15) is 4.79 Å². The summed E-state index contributed by atoms with van der Waals surface area (Å²) in [7, 11) is 0. The van der Waals surface area contributed by atoms with Crippen LogP contribution in [-0.2, 0) is 11.2 Å². The number of aromatic nitrogens is 5. The topological polar surface area (TPSA) is 107 Å². The molecule has 1 aromatic carbocycles. The third-order valence-corrected chi connectivity index (χ3v) is 3.90. The molecule has 0 saturated carbocycles. The molecule has 0 saturated heterocycles. The second-order valence-corrected chi connectivity index (χ2v) is 5.94. The standard InChI is InChI=1S/C20H16N6O2/c27-17(9-10-18-25-20(26-28-18)16-8-4-5-11-21-16)24-15-12-22-19(23-13-15)14-6-2-1-3-7-14/h1-8,11-13H,9-10H2,(H,24,27). The van der Waals surface area contributed by atoms with E-state index in [4.69, 9.17) is 4.52 Å². The summed E-state index contributed by atoms with van der Waals surface area (Å²) >= 11 is 0. The molecule has 3 aromatic heterocycles. The molecule has 0 spiro atoms. The van der Waals surface area contributed by atoms with Gasteiger partial charge in [0.2, 0.25) is 17.6 Å². The number of rotatable bonds is 6.